The molecule has 1 fully saturated rings. The van der Waals surface area contributed by atoms with E-state index in [-0.39, 0.29) is 6.10 Å². The van der Waals surface area contributed by atoms with E-state index >= 15 is 0 Å². The summed E-state index contributed by atoms with van der Waals surface area (Å²) in [6.07, 6.45) is 3.78. The molecule has 30 heavy (non-hydrogen) atoms. The van der Waals surface area contributed by atoms with Gasteiger partial charge in [-0.05, 0) is 50.3 Å². The minimum atomic E-state index is -0.00797. The fourth-order valence-corrected chi connectivity index (χ4v) is 3.68. The van der Waals surface area contributed by atoms with Crippen LogP contribution in [0, 0.1) is 0 Å². The quantitative estimate of drug-likeness (QED) is 0.507. The molecule has 0 amide bonds. The summed E-state index contributed by atoms with van der Waals surface area (Å²) in [5.74, 6) is 1.51. The lowest BCUT2D eigenvalue weighted by Crippen LogP contribution is -2.23. The standard InChI is InChI=1S/C24H29N5O/c1-25-13-12-23(18-6-3-2-4-7-18)30-21-9-5-8-19(16-21)22-11-15-27-24(29-22)28-20-10-14-26-17-20/h2-9,11,15-16,20,23,25-26H,10,12-14,17H2,1H3,(H,27,28,29)/t20?,23-/m0/s1. The van der Waals surface area contributed by atoms with Gasteiger partial charge in [0.1, 0.15) is 11.9 Å². The molecule has 2 atom stereocenters. The smallest absolute Gasteiger partial charge is 0.223 e. The fourth-order valence-electron chi connectivity index (χ4n) is 3.68. The number of hydrogen-bond acceptors (Lipinski definition) is 6. The SMILES string of the molecule is CNCC[C@H](Oc1cccc(-c2ccnc(NC3CCNC3)n2)c1)c1ccccc1. The number of aromatic nitrogens is 2. The van der Waals surface area contributed by atoms with Gasteiger partial charge in [0.15, 0.2) is 0 Å². The Kier molecular flexibility index (Phi) is 6.90. The van der Waals surface area contributed by atoms with Gasteiger partial charge in [-0.15, -0.1) is 0 Å². The minimum Gasteiger partial charge on any atom is -0.486 e. The second-order valence-electron chi connectivity index (χ2n) is 7.54. The third-order valence-electron chi connectivity index (χ3n) is 5.29. The van der Waals surface area contributed by atoms with Crippen molar-refractivity contribution in [3.8, 4) is 17.0 Å². The van der Waals surface area contributed by atoms with Crippen molar-refractivity contribution in [3.05, 3.63) is 72.4 Å². The zero-order chi connectivity index (χ0) is 20.6. The van der Waals surface area contributed by atoms with Gasteiger partial charge in [-0.3, -0.25) is 0 Å². The fraction of sp³-hybridized carbons (Fsp3) is 0.333. The van der Waals surface area contributed by atoms with Crippen molar-refractivity contribution in [3.63, 3.8) is 0 Å². The largest absolute Gasteiger partial charge is 0.486 e. The summed E-state index contributed by atoms with van der Waals surface area (Å²) >= 11 is 0. The van der Waals surface area contributed by atoms with Crippen molar-refractivity contribution >= 4 is 5.95 Å². The van der Waals surface area contributed by atoms with E-state index in [2.05, 4.69) is 57.3 Å². The molecule has 4 rings (SSSR count). The third-order valence-corrected chi connectivity index (χ3v) is 5.29. The van der Waals surface area contributed by atoms with Crippen molar-refractivity contribution < 1.29 is 4.74 Å². The maximum absolute atomic E-state index is 6.40. The molecule has 6 heteroatoms. The average molecular weight is 404 g/mol. The monoisotopic (exact) mass is 403 g/mol. The highest BCUT2D eigenvalue weighted by Crippen LogP contribution is 2.28. The Hall–Kier alpha value is -2.96. The van der Waals surface area contributed by atoms with Gasteiger partial charge in [0.25, 0.3) is 0 Å². The van der Waals surface area contributed by atoms with Crippen LogP contribution in [0.2, 0.25) is 0 Å². The van der Waals surface area contributed by atoms with Crippen LogP contribution in [-0.2, 0) is 0 Å². The van der Waals surface area contributed by atoms with E-state index in [1.807, 2.05) is 31.3 Å². The highest BCUT2D eigenvalue weighted by atomic mass is 16.5. The van der Waals surface area contributed by atoms with Crippen molar-refractivity contribution in [2.24, 2.45) is 0 Å². The first-order valence-corrected chi connectivity index (χ1v) is 10.6. The molecule has 6 nitrogen and oxygen atoms in total. The lowest BCUT2D eigenvalue weighted by molar-refractivity contribution is 0.195. The Balaban J connectivity index is 1.51. The number of benzene rings is 2. The first-order valence-electron chi connectivity index (χ1n) is 10.6. The first kappa shape index (κ1) is 20.3. The van der Waals surface area contributed by atoms with E-state index < -0.39 is 0 Å². The van der Waals surface area contributed by atoms with Crippen molar-refractivity contribution in [2.75, 3.05) is 32.0 Å². The first-order chi connectivity index (χ1) is 14.8. The van der Waals surface area contributed by atoms with E-state index in [1.54, 1.807) is 6.20 Å². The van der Waals surface area contributed by atoms with Crippen LogP contribution >= 0.6 is 0 Å². The third kappa shape index (κ3) is 5.34. The molecule has 3 N–H and O–H groups in total. The molecule has 3 aromatic rings. The van der Waals surface area contributed by atoms with Gasteiger partial charge in [-0.25, -0.2) is 9.97 Å². The molecule has 2 heterocycles. The van der Waals surface area contributed by atoms with E-state index in [0.717, 1.165) is 49.5 Å². The highest BCUT2D eigenvalue weighted by Gasteiger charge is 2.16. The molecule has 1 unspecified atom stereocenters. The molecule has 0 bridgehead atoms. The molecule has 156 valence electrons. The van der Waals surface area contributed by atoms with Crippen LogP contribution in [0.5, 0.6) is 5.75 Å². The summed E-state index contributed by atoms with van der Waals surface area (Å²) in [6, 6.07) is 20.8. The Labute approximate surface area is 178 Å². The molecule has 1 aliphatic heterocycles. The van der Waals surface area contributed by atoms with Crippen LogP contribution in [0.15, 0.2) is 66.9 Å². The summed E-state index contributed by atoms with van der Waals surface area (Å²) in [5.41, 5.74) is 3.08. The minimum absolute atomic E-state index is 0.00797. The van der Waals surface area contributed by atoms with Gasteiger partial charge < -0.3 is 20.7 Å². The molecule has 1 saturated heterocycles. The van der Waals surface area contributed by atoms with Gasteiger partial charge >= 0.3 is 0 Å². The summed E-state index contributed by atoms with van der Waals surface area (Å²) in [4.78, 5) is 9.10. The Morgan fingerprint density at radius 2 is 2.03 bits per heavy atom. The Bertz CT molecular complexity index is 928. The van der Waals surface area contributed by atoms with Crippen LogP contribution in [-0.4, -0.2) is 42.7 Å². The van der Waals surface area contributed by atoms with Crippen LogP contribution in [0.4, 0.5) is 5.95 Å². The number of nitrogens with zero attached hydrogens (tertiary/aromatic N) is 2. The number of hydrogen-bond donors (Lipinski definition) is 3. The van der Waals surface area contributed by atoms with E-state index in [0.29, 0.717) is 12.0 Å². The van der Waals surface area contributed by atoms with Crippen LogP contribution in [0.1, 0.15) is 24.5 Å². The zero-order valence-corrected chi connectivity index (χ0v) is 17.3. The summed E-state index contributed by atoms with van der Waals surface area (Å²) in [7, 11) is 1.96. The lowest BCUT2D eigenvalue weighted by Gasteiger charge is -2.20. The van der Waals surface area contributed by atoms with Gasteiger partial charge in [0, 0.05) is 30.8 Å². The topological polar surface area (TPSA) is 71.1 Å². The van der Waals surface area contributed by atoms with Crippen LogP contribution in [0.3, 0.4) is 0 Å². The molecular formula is C24H29N5O. The second kappa shape index (κ2) is 10.2. The molecular weight excluding hydrogens is 374 g/mol. The highest BCUT2D eigenvalue weighted by molar-refractivity contribution is 5.62. The van der Waals surface area contributed by atoms with Crippen LogP contribution in [0.25, 0.3) is 11.3 Å². The van der Waals surface area contributed by atoms with E-state index in [9.17, 15) is 0 Å². The Morgan fingerprint density at radius 1 is 1.13 bits per heavy atom. The molecule has 1 aliphatic rings. The Morgan fingerprint density at radius 3 is 2.83 bits per heavy atom. The number of anilines is 1. The maximum Gasteiger partial charge on any atom is 0.223 e. The molecule has 0 aliphatic carbocycles. The van der Waals surface area contributed by atoms with E-state index in [4.69, 9.17) is 9.72 Å². The summed E-state index contributed by atoms with van der Waals surface area (Å²) in [6.45, 7) is 2.87. The van der Waals surface area contributed by atoms with Gasteiger partial charge in [-0.2, -0.15) is 0 Å². The summed E-state index contributed by atoms with van der Waals surface area (Å²) < 4.78 is 6.40. The van der Waals surface area contributed by atoms with E-state index in [1.165, 1.54) is 5.56 Å². The number of rotatable bonds is 9. The van der Waals surface area contributed by atoms with Crippen molar-refractivity contribution in [1.82, 2.24) is 20.6 Å². The van der Waals surface area contributed by atoms with Gasteiger partial charge in [-0.1, -0.05) is 42.5 Å². The molecule has 0 saturated carbocycles. The summed E-state index contributed by atoms with van der Waals surface area (Å²) in [5, 5.41) is 9.99. The predicted octanol–water partition coefficient (Wildman–Crippen LogP) is 3.65. The number of nitrogens with one attached hydrogen (secondary N) is 3. The predicted molar refractivity (Wildman–Crippen MR) is 121 cm³/mol. The van der Waals surface area contributed by atoms with Gasteiger partial charge in [0.05, 0.1) is 5.69 Å². The second-order valence-corrected chi connectivity index (χ2v) is 7.54. The van der Waals surface area contributed by atoms with Crippen molar-refractivity contribution in [1.29, 1.82) is 0 Å². The number of ether oxygens (including phenoxy) is 1. The van der Waals surface area contributed by atoms with Gasteiger partial charge in [0.2, 0.25) is 5.95 Å². The zero-order valence-electron chi connectivity index (χ0n) is 17.3. The van der Waals surface area contributed by atoms with Crippen LogP contribution < -0.4 is 20.7 Å². The molecule has 0 radical (unpaired) electrons. The van der Waals surface area contributed by atoms with Crippen molar-refractivity contribution in [2.45, 2.75) is 25.0 Å². The lowest BCUT2D eigenvalue weighted by atomic mass is 10.1. The molecule has 1 aromatic heterocycles. The molecule has 2 aromatic carbocycles. The normalized spacial score (nSPS) is 16.9. The average Bonchev–Trinajstić information content (AvgIpc) is 3.31. The maximum atomic E-state index is 6.40. The molecule has 0 spiro atoms.